The molecule has 0 fully saturated rings. The number of carbonyl (C=O) groups is 1. The molecule has 0 aliphatic rings. The number of methoxy groups -OCH3 is 1. The highest BCUT2D eigenvalue weighted by molar-refractivity contribution is 5.75. The fourth-order valence-electron chi connectivity index (χ4n) is 1.04. The van der Waals surface area contributed by atoms with Gasteiger partial charge in [-0.15, -0.1) is 0 Å². The molecule has 1 rings (SSSR count). The molecule has 6 heteroatoms. The van der Waals surface area contributed by atoms with E-state index in [1.54, 1.807) is 21.0 Å². The highest BCUT2D eigenvalue weighted by Crippen LogP contribution is 2.09. The lowest BCUT2D eigenvalue weighted by atomic mass is 10.3. The molecular formula is C9H17N3O3. The van der Waals surface area contributed by atoms with Crippen molar-refractivity contribution in [2.45, 2.75) is 32.9 Å². The van der Waals surface area contributed by atoms with Crippen molar-refractivity contribution in [1.29, 1.82) is 0 Å². The molecule has 1 heterocycles. The number of nitrogens with zero attached hydrogens (tertiary/aromatic N) is 2. The van der Waals surface area contributed by atoms with Gasteiger partial charge in [-0.25, -0.2) is 0 Å². The normalized spacial score (nSPS) is 12.5. The van der Waals surface area contributed by atoms with Crippen molar-refractivity contribution in [1.82, 2.24) is 15.5 Å². The van der Waals surface area contributed by atoms with Crippen LogP contribution in [0.1, 0.15) is 39.5 Å². The number of ether oxygens (including phenoxy) is 1. The van der Waals surface area contributed by atoms with Crippen LogP contribution in [-0.2, 0) is 16.1 Å². The number of hydrogen-bond donors (Lipinski definition) is 1. The van der Waals surface area contributed by atoms with E-state index >= 15 is 0 Å². The Kier molecular flexibility index (Phi) is 4.23. The molecule has 0 saturated carbocycles. The van der Waals surface area contributed by atoms with E-state index in [0.717, 1.165) is 0 Å². The fourth-order valence-corrected chi connectivity index (χ4v) is 1.04. The second-order valence-corrected chi connectivity index (χ2v) is 3.12. The van der Waals surface area contributed by atoms with Crippen LogP contribution in [0.2, 0.25) is 0 Å². The van der Waals surface area contributed by atoms with E-state index < -0.39 is 0 Å². The van der Waals surface area contributed by atoms with Gasteiger partial charge in [0.05, 0.1) is 0 Å². The van der Waals surface area contributed by atoms with Crippen LogP contribution < -0.4 is 5.32 Å². The highest BCUT2D eigenvalue weighted by atomic mass is 16.5. The van der Waals surface area contributed by atoms with E-state index in [0.29, 0.717) is 24.7 Å². The third-order valence-corrected chi connectivity index (χ3v) is 1.83. The summed E-state index contributed by atoms with van der Waals surface area (Å²) in [5, 5.41) is 6.42. The second-order valence-electron chi connectivity index (χ2n) is 3.12. The van der Waals surface area contributed by atoms with Gasteiger partial charge in [-0.3, -0.25) is 4.79 Å². The SMILES string of the molecule is CCC(=O)NC(C)c1nc(COC)no1.[HH]. The molecule has 0 aliphatic carbocycles. The van der Waals surface area contributed by atoms with E-state index in [1.807, 2.05) is 0 Å². The van der Waals surface area contributed by atoms with E-state index in [2.05, 4.69) is 15.5 Å². The molecule has 1 aromatic rings. The van der Waals surface area contributed by atoms with Crippen LogP contribution >= 0.6 is 0 Å². The Bertz CT molecular complexity index is 330. The second kappa shape index (κ2) is 5.45. The molecule has 1 unspecified atom stereocenters. The lowest BCUT2D eigenvalue weighted by molar-refractivity contribution is -0.121. The fraction of sp³-hybridized carbons (Fsp3) is 0.667. The van der Waals surface area contributed by atoms with E-state index in [9.17, 15) is 4.79 Å². The number of nitrogens with one attached hydrogen (secondary N) is 1. The zero-order valence-electron chi connectivity index (χ0n) is 9.11. The van der Waals surface area contributed by atoms with Crippen molar-refractivity contribution >= 4 is 5.91 Å². The van der Waals surface area contributed by atoms with Crippen molar-refractivity contribution in [2.24, 2.45) is 0 Å². The predicted molar refractivity (Wildman–Crippen MR) is 54.0 cm³/mol. The first-order chi connectivity index (χ1) is 7.17. The summed E-state index contributed by atoms with van der Waals surface area (Å²) in [6.45, 7) is 3.88. The number of rotatable bonds is 5. The van der Waals surface area contributed by atoms with Gasteiger partial charge in [0.25, 0.3) is 0 Å². The van der Waals surface area contributed by atoms with Crippen molar-refractivity contribution in [3.05, 3.63) is 11.7 Å². The molecule has 0 spiro atoms. The Balaban J connectivity index is 0.00000225. The molecule has 1 aromatic heterocycles. The molecule has 1 atom stereocenters. The van der Waals surface area contributed by atoms with Crippen molar-refractivity contribution in [2.75, 3.05) is 7.11 Å². The quantitative estimate of drug-likeness (QED) is 0.794. The summed E-state index contributed by atoms with van der Waals surface area (Å²) in [6.07, 6.45) is 0.434. The van der Waals surface area contributed by atoms with Gasteiger partial charge in [-0.1, -0.05) is 12.1 Å². The molecule has 0 aromatic carbocycles. The average Bonchev–Trinajstić information content (AvgIpc) is 2.67. The van der Waals surface area contributed by atoms with Gasteiger partial charge in [0.1, 0.15) is 12.6 Å². The van der Waals surface area contributed by atoms with Crippen molar-refractivity contribution < 1.29 is 15.5 Å². The lowest BCUT2D eigenvalue weighted by Gasteiger charge is -2.07. The largest absolute Gasteiger partial charge is 0.377 e. The molecule has 0 aliphatic heterocycles. The Hall–Kier alpha value is -1.43. The van der Waals surface area contributed by atoms with Gasteiger partial charge in [0.15, 0.2) is 5.82 Å². The molecule has 1 N–H and O–H groups in total. The average molecular weight is 215 g/mol. The number of amides is 1. The first-order valence-electron chi connectivity index (χ1n) is 4.78. The van der Waals surface area contributed by atoms with E-state index in [1.165, 1.54) is 0 Å². The van der Waals surface area contributed by atoms with E-state index in [-0.39, 0.29) is 13.4 Å². The molecule has 0 bridgehead atoms. The number of hydrogen-bond acceptors (Lipinski definition) is 5. The van der Waals surface area contributed by atoms with Gasteiger partial charge in [0, 0.05) is 15.0 Å². The smallest absolute Gasteiger partial charge is 0.249 e. The molecule has 15 heavy (non-hydrogen) atoms. The standard InChI is InChI=1S/C9H15N3O3.H2/c1-4-8(13)10-6(2)9-11-7(5-14-3)12-15-9;/h6H,4-5H2,1-3H3,(H,10,13);1H. The van der Waals surface area contributed by atoms with Crippen molar-refractivity contribution in [3.63, 3.8) is 0 Å². The molecule has 6 nitrogen and oxygen atoms in total. The van der Waals surface area contributed by atoms with Crippen LogP contribution in [0.3, 0.4) is 0 Å². The summed E-state index contributed by atoms with van der Waals surface area (Å²) in [5.41, 5.74) is 0. The topological polar surface area (TPSA) is 77.2 Å². The summed E-state index contributed by atoms with van der Waals surface area (Å²) in [5.74, 6) is 0.822. The maximum Gasteiger partial charge on any atom is 0.249 e. The third-order valence-electron chi connectivity index (χ3n) is 1.83. The first kappa shape index (κ1) is 11.6. The van der Waals surface area contributed by atoms with Gasteiger partial charge in [0.2, 0.25) is 11.8 Å². The maximum atomic E-state index is 11.1. The minimum atomic E-state index is -0.268. The maximum absolute atomic E-state index is 11.1. The van der Waals surface area contributed by atoms with Gasteiger partial charge < -0.3 is 14.6 Å². The van der Waals surface area contributed by atoms with Crippen LogP contribution in [-0.4, -0.2) is 23.2 Å². The zero-order chi connectivity index (χ0) is 11.3. The summed E-state index contributed by atoms with van der Waals surface area (Å²) < 4.78 is 9.82. The third kappa shape index (κ3) is 3.32. The highest BCUT2D eigenvalue weighted by Gasteiger charge is 2.15. The molecule has 0 saturated heterocycles. The van der Waals surface area contributed by atoms with Gasteiger partial charge in [-0.05, 0) is 6.92 Å². The van der Waals surface area contributed by atoms with Crippen LogP contribution in [0.4, 0.5) is 0 Å². The van der Waals surface area contributed by atoms with Crippen molar-refractivity contribution in [3.8, 4) is 0 Å². The first-order valence-corrected chi connectivity index (χ1v) is 4.78. The Morgan fingerprint density at radius 1 is 1.73 bits per heavy atom. The van der Waals surface area contributed by atoms with Crippen LogP contribution in [0.25, 0.3) is 0 Å². The van der Waals surface area contributed by atoms with E-state index in [4.69, 9.17) is 9.26 Å². The number of carbonyl (C=O) groups excluding carboxylic acids is 1. The summed E-state index contributed by atoms with van der Waals surface area (Å²) in [4.78, 5) is 15.2. The van der Waals surface area contributed by atoms with Crippen LogP contribution in [0.5, 0.6) is 0 Å². The van der Waals surface area contributed by atoms with Gasteiger partial charge in [-0.2, -0.15) is 4.98 Å². The summed E-state index contributed by atoms with van der Waals surface area (Å²) >= 11 is 0. The Labute approximate surface area is 89.5 Å². The molecule has 86 valence electrons. The van der Waals surface area contributed by atoms with Crippen LogP contribution in [0.15, 0.2) is 4.52 Å². The van der Waals surface area contributed by atoms with Crippen LogP contribution in [0, 0.1) is 0 Å². The monoisotopic (exact) mass is 215 g/mol. The summed E-state index contributed by atoms with van der Waals surface area (Å²) in [6, 6.07) is -0.268. The number of aromatic nitrogens is 2. The Morgan fingerprint density at radius 3 is 3.07 bits per heavy atom. The molecular weight excluding hydrogens is 198 g/mol. The summed E-state index contributed by atoms with van der Waals surface area (Å²) in [7, 11) is 1.55. The molecule has 1 amide bonds. The minimum Gasteiger partial charge on any atom is -0.377 e. The molecule has 0 radical (unpaired) electrons. The lowest BCUT2D eigenvalue weighted by Crippen LogP contribution is -2.25. The zero-order valence-corrected chi connectivity index (χ0v) is 9.11. The Morgan fingerprint density at radius 2 is 2.47 bits per heavy atom. The predicted octanol–water partition coefficient (Wildman–Crippen LogP) is 1.05. The minimum absolute atomic E-state index is 0. The van der Waals surface area contributed by atoms with Gasteiger partial charge >= 0.3 is 0 Å².